The summed E-state index contributed by atoms with van der Waals surface area (Å²) in [5.74, 6) is -1.40. The van der Waals surface area contributed by atoms with Gasteiger partial charge < -0.3 is 15.3 Å². The topological polar surface area (TPSA) is 147 Å². The summed E-state index contributed by atoms with van der Waals surface area (Å²) in [5, 5.41) is 23.5. The van der Waals surface area contributed by atoms with Crippen molar-refractivity contribution in [1.29, 1.82) is 0 Å². The maximum Gasteiger partial charge on any atom is 0.273 e. The highest BCUT2D eigenvalue weighted by Crippen LogP contribution is 2.38. The normalized spacial score (nSPS) is 25.5. The van der Waals surface area contributed by atoms with Gasteiger partial charge in [-0.3, -0.25) is 24.5 Å². The van der Waals surface area contributed by atoms with Gasteiger partial charge in [-0.25, -0.2) is 4.68 Å². The second-order valence-corrected chi connectivity index (χ2v) is 10.7. The summed E-state index contributed by atoms with van der Waals surface area (Å²) in [4.78, 5) is 50.8. The highest BCUT2D eigenvalue weighted by atomic mass is 16.3. The SMILES string of the molecule is CC1(C)CCC(O)C(CNC(=O)c2cn(-c3ccc4c(c3)CN(C3CCC(=O)NC3=O)C4=O)nn2)C1. The molecule has 11 heteroatoms. The van der Waals surface area contributed by atoms with Crippen molar-refractivity contribution in [2.75, 3.05) is 6.54 Å². The molecule has 3 N–H and O–H groups in total. The molecule has 3 aliphatic rings. The van der Waals surface area contributed by atoms with Gasteiger partial charge in [0.25, 0.3) is 11.8 Å². The van der Waals surface area contributed by atoms with Crippen LogP contribution in [-0.2, 0) is 16.1 Å². The molecular weight excluding hydrogens is 464 g/mol. The molecule has 1 aromatic carbocycles. The third kappa shape index (κ3) is 4.62. The molecule has 2 aliphatic heterocycles. The number of hydrogen-bond donors (Lipinski definition) is 3. The van der Waals surface area contributed by atoms with E-state index in [1.807, 2.05) is 0 Å². The fourth-order valence-corrected chi connectivity index (χ4v) is 5.44. The predicted octanol–water partition coefficient (Wildman–Crippen LogP) is 0.945. The van der Waals surface area contributed by atoms with Crippen LogP contribution in [-0.4, -0.2) is 67.3 Å². The molecule has 4 amide bonds. The van der Waals surface area contributed by atoms with Crippen molar-refractivity contribution in [2.24, 2.45) is 11.3 Å². The summed E-state index contributed by atoms with van der Waals surface area (Å²) in [5.41, 5.74) is 2.15. The van der Waals surface area contributed by atoms with Gasteiger partial charge in [0.15, 0.2) is 5.69 Å². The minimum absolute atomic E-state index is 0.00527. The number of nitrogens with zero attached hydrogens (tertiary/aromatic N) is 4. The maximum atomic E-state index is 12.9. The number of nitrogens with one attached hydrogen (secondary N) is 2. The largest absolute Gasteiger partial charge is 0.393 e. The van der Waals surface area contributed by atoms with Gasteiger partial charge in [0, 0.05) is 31.0 Å². The molecule has 1 aliphatic carbocycles. The number of aliphatic hydroxyl groups is 1. The van der Waals surface area contributed by atoms with Crippen molar-refractivity contribution >= 4 is 23.6 Å². The van der Waals surface area contributed by atoms with Crippen LogP contribution >= 0.6 is 0 Å². The summed E-state index contributed by atoms with van der Waals surface area (Å²) >= 11 is 0. The highest BCUT2D eigenvalue weighted by molar-refractivity contribution is 6.05. The van der Waals surface area contributed by atoms with Gasteiger partial charge in [-0.05, 0) is 54.9 Å². The van der Waals surface area contributed by atoms with E-state index in [2.05, 4.69) is 34.8 Å². The van der Waals surface area contributed by atoms with Crippen molar-refractivity contribution in [3.8, 4) is 5.69 Å². The molecule has 0 radical (unpaired) electrons. The molecule has 2 fully saturated rings. The lowest BCUT2D eigenvalue weighted by molar-refractivity contribution is -0.136. The Hall–Kier alpha value is -3.60. The molecule has 3 unspecified atom stereocenters. The lowest BCUT2D eigenvalue weighted by Crippen LogP contribution is -2.52. The first-order valence-electron chi connectivity index (χ1n) is 12.3. The summed E-state index contributed by atoms with van der Waals surface area (Å²) in [6.07, 6.45) is 4.12. The molecule has 1 aromatic heterocycles. The van der Waals surface area contributed by atoms with E-state index in [1.54, 1.807) is 18.2 Å². The van der Waals surface area contributed by atoms with E-state index in [0.717, 1.165) is 24.8 Å². The Morgan fingerprint density at radius 1 is 1.25 bits per heavy atom. The van der Waals surface area contributed by atoms with Crippen LogP contribution in [0, 0.1) is 11.3 Å². The fraction of sp³-hybridized carbons (Fsp3) is 0.520. The molecule has 1 saturated heterocycles. The maximum absolute atomic E-state index is 12.9. The molecule has 2 aromatic rings. The number of piperidine rings is 1. The standard InChI is InChI=1S/C25H30N6O5/c1-25(2)8-7-20(32)15(10-25)11-26-22(34)18-13-31(29-28-18)16-3-4-17-14(9-16)12-30(24(17)36)19-5-6-21(33)27-23(19)35/h3-4,9,13,15,19-20,32H,5-8,10-12H2,1-2H3,(H,26,34)(H,27,33,35). The average molecular weight is 495 g/mol. The van der Waals surface area contributed by atoms with Gasteiger partial charge in [-0.2, -0.15) is 0 Å². The molecule has 5 rings (SSSR count). The van der Waals surface area contributed by atoms with Crippen molar-refractivity contribution in [3.05, 3.63) is 41.2 Å². The Labute approximate surface area is 208 Å². The number of hydrogen-bond acceptors (Lipinski definition) is 7. The highest BCUT2D eigenvalue weighted by Gasteiger charge is 2.39. The Kier molecular flexibility index (Phi) is 6.11. The monoisotopic (exact) mass is 494 g/mol. The van der Waals surface area contributed by atoms with E-state index in [1.165, 1.54) is 15.8 Å². The van der Waals surface area contributed by atoms with Gasteiger partial charge in [0.1, 0.15) is 6.04 Å². The Balaban J connectivity index is 1.25. The molecule has 0 bridgehead atoms. The Bertz CT molecular complexity index is 1240. The molecule has 1 saturated carbocycles. The van der Waals surface area contributed by atoms with E-state index >= 15 is 0 Å². The fourth-order valence-electron chi connectivity index (χ4n) is 5.44. The van der Waals surface area contributed by atoms with E-state index < -0.39 is 18.1 Å². The number of benzene rings is 1. The number of aliphatic hydroxyl groups excluding tert-OH is 1. The Morgan fingerprint density at radius 2 is 2.06 bits per heavy atom. The zero-order valence-corrected chi connectivity index (χ0v) is 20.4. The lowest BCUT2D eigenvalue weighted by Gasteiger charge is -2.38. The van der Waals surface area contributed by atoms with Crippen LogP contribution in [0.25, 0.3) is 5.69 Å². The summed E-state index contributed by atoms with van der Waals surface area (Å²) in [6.45, 7) is 4.96. The van der Waals surface area contributed by atoms with Crippen molar-refractivity contribution in [2.45, 2.75) is 64.6 Å². The van der Waals surface area contributed by atoms with Crippen molar-refractivity contribution in [3.63, 3.8) is 0 Å². The minimum Gasteiger partial charge on any atom is -0.393 e. The van der Waals surface area contributed by atoms with Gasteiger partial charge in [-0.1, -0.05) is 19.1 Å². The average Bonchev–Trinajstić information content (AvgIpc) is 3.45. The molecule has 11 nitrogen and oxygen atoms in total. The van der Waals surface area contributed by atoms with Crippen LogP contribution in [0.4, 0.5) is 0 Å². The van der Waals surface area contributed by atoms with Crippen molar-refractivity contribution < 1.29 is 24.3 Å². The third-order valence-electron chi connectivity index (χ3n) is 7.50. The zero-order valence-electron chi connectivity index (χ0n) is 20.4. The van der Waals surface area contributed by atoms with Crippen LogP contribution in [0.2, 0.25) is 0 Å². The molecular formula is C25H30N6O5. The van der Waals surface area contributed by atoms with Gasteiger partial charge in [0.05, 0.1) is 18.0 Å². The second-order valence-electron chi connectivity index (χ2n) is 10.7. The van der Waals surface area contributed by atoms with Crippen LogP contribution in [0.15, 0.2) is 24.4 Å². The van der Waals surface area contributed by atoms with Gasteiger partial charge in [-0.15, -0.1) is 5.10 Å². The third-order valence-corrected chi connectivity index (χ3v) is 7.50. The van der Waals surface area contributed by atoms with Crippen LogP contribution in [0.5, 0.6) is 0 Å². The summed E-state index contributed by atoms with van der Waals surface area (Å²) < 4.78 is 1.47. The number of carbonyl (C=O) groups is 4. The quantitative estimate of drug-likeness (QED) is 0.524. The van der Waals surface area contributed by atoms with Crippen LogP contribution < -0.4 is 10.6 Å². The van der Waals surface area contributed by atoms with Crippen LogP contribution in [0.1, 0.15) is 72.4 Å². The molecule has 190 valence electrons. The Morgan fingerprint density at radius 3 is 2.83 bits per heavy atom. The first-order chi connectivity index (χ1) is 17.1. The summed E-state index contributed by atoms with van der Waals surface area (Å²) in [7, 11) is 0. The van der Waals surface area contributed by atoms with E-state index in [4.69, 9.17) is 0 Å². The number of carbonyl (C=O) groups excluding carboxylic acids is 4. The minimum atomic E-state index is -0.680. The molecule has 0 spiro atoms. The number of amides is 4. The van der Waals surface area contributed by atoms with Crippen molar-refractivity contribution in [1.82, 2.24) is 30.5 Å². The number of aromatic nitrogens is 3. The first kappa shape index (κ1) is 24.1. The number of rotatable bonds is 5. The van der Waals surface area contributed by atoms with E-state index in [9.17, 15) is 24.3 Å². The molecule has 3 heterocycles. The van der Waals surface area contributed by atoms with E-state index in [0.29, 0.717) is 24.2 Å². The van der Waals surface area contributed by atoms with Crippen LogP contribution in [0.3, 0.4) is 0 Å². The van der Waals surface area contributed by atoms with Gasteiger partial charge >= 0.3 is 0 Å². The smallest absolute Gasteiger partial charge is 0.273 e. The zero-order chi connectivity index (χ0) is 25.6. The number of fused-ring (bicyclic) bond motifs is 1. The number of imide groups is 1. The predicted molar refractivity (Wildman–Crippen MR) is 127 cm³/mol. The molecule has 36 heavy (non-hydrogen) atoms. The van der Waals surface area contributed by atoms with E-state index in [-0.39, 0.29) is 47.7 Å². The first-order valence-corrected chi connectivity index (χ1v) is 12.3. The summed E-state index contributed by atoms with van der Waals surface area (Å²) in [6, 6.07) is 4.49. The second kappa shape index (κ2) is 9.12. The lowest BCUT2D eigenvalue weighted by atomic mass is 9.71. The van der Waals surface area contributed by atoms with Gasteiger partial charge in [0.2, 0.25) is 11.8 Å². The molecule has 3 atom stereocenters.